The van der Waals surface area contributed by atoms with Gasteiger partial charge in [-0.3, -0.25) is 9.36 Å². The number of carbonyl (C=O) groups is 1. The number of primary amides is 1. The maximum Gasteiger partial charge on any atom is 0.387 e. The Morgan fingerprint density at radius 1 is 1.36 bits per heavy atom. The van der Waals surface area contributed by atoms with E-state index in [1.807, 2.05) is 0 Å². The minimum Gasteiger partial charge on any atom is -0.435 e. The summed E-state index contributed by atoms with van der Waals surface area (Å²) < 4.78 is 30.0. The lowest BCUT2D eigenvalue weighted by Crippen LogP contribution is -2.20. The van der Waals surface area contributed by atoms with Crippen LogP contribution in [0.1, 0.15) is 11.4 Å². The Hall–Kier alpha value is -2.16. The molecule has 0 saturated carbocycles. The summed E-state index contributed by atoms with van der Waals surface area (Å²) in [5.74, 6) is 0.781. The standard InChI is InChI=1S/C13H14F2N4O2S/c1-8-17-18-13(19(8)6-11(16)20)22-7-9-2-4-10(5-3-9)21-12(14)15/h2-5,12H,6-7H2,1H3,(H2,16,20). The van der Waals surface area contributed by atoms with Crippen LogP contribution >= 0.6 is 11.8 Å². The van der Waals surface area contributed by atoms with Crippen LogP contribution in [0.4, 0.5) is 8.78 Å². The molecule has 1 heterocycles. The number of hydrogen-bond acceptors (Lipinski definition) is 5. The minimum atomic E-state index is -2.84. The fraction of sp³-hybridized carbons (Fsp3) is 0.308. The van der Waals surface area contributed by atoms with E-state index >= 15 is 0 Å². The van der Waals surface area contributed by atoms with E-state index in [0.29, 0.717) is 16.7 Å². The summed E-state index contributed by atoms with van der Waals surface area (Å²) in [6.45, 7) is -1.09. The molecule has 2 rings (SSSR count). The number of thioether (sulfide) groups is 1. The number of ether oxygens (including phenoxy) is 1. The van der Waals surface area contributed by atoms with Crippen molar-refractivity contribution in [2.45, 2.75) is 31.0 Å². The zero-order chi connectivity index (χ0) is 16.1. The molecule has 0 radical (unpaired) electrons. The average Bonchev–Trinajstić information content (AvgIpc) is 2.78. The first kappa shape index (κ1) is 16.2. The molecule has 6 nitrogen and oxygen atoms in total. The number of aromatic nitrogens is 3. The summed E-state index contributed by atoms with van der Waals surface area (Å²) >= 11 is 1.38. The topological polar surface area (TPSA) is 83.0 Å². The van der Waals surface area contributed by atoms with Crippen molar-refractivity contribution in [3.63, 3.8) is 0 Å². The van der Waals surface area contributed by atoms with Crippen LogP contribution < -0.4 is 10.5 Å². The molecule has 1 aromatic heterocycles. The van der Waals surface area contributed by atoms with Gasteiger partial charge in [-0.25, -0.2) is 0 Å². The minimum absolute atomic E-state index is 0.0162. The van der Waals surface area contributed by atoms with Crippen LogP contribution in [-0.2, 0) is 17.1 Å². The predicted octanol–water partition coefficient (Wildman–Crippen LogP) is 1.97. The summed E-state index contributed by atoms with van der Waals surface area (Å²) in [5.41, 5.74) is 6.09. The first-order valence-corrected chi connectivity index (χ1v) is 7.29. The number of aryl methyl sites for hydroxylation is 1. The Balaban J connectivity index is 1.99. The molecule has 2 aromatic rings. The van der Waals surface area contributed by atoms with Gasteiger partial charge >= 0.3 is 6.61 Å². The zero-order valence-corrected chi connectivity index (χ0v) is 12.5. The highest BCUT2D eigenvalue weighted by Gasteiger charge is 2.11. The van der Waals surface area contributed by atoms with Crippen molar-refractivity contribution in [2.24, 2.45) is 5.73 Å². The predicted molar refractivity (Wildman–Crippen MR) is 76.6 cm³/mol. The summed E-state index contributed by atoms with van der Waals surface area (Å²) in [5, 5.41) is 8.47. The van der Waals surface area contributed by atoms with E-state index < -0.39 is 12.5 Å². The Morgan fingerprint density at radius 3 is 2.64 bits per heavy atom. The van der Waals surface area contributed by atoms with E-state index in [-0.39, 0.29) is 12.3 Å². The number of amides is 1. The molecule has 0 saturated heterocycles. The van der Waals surface area contributed by atoms with Gasteiger partial charge in [-0.1, -0.05) is 23.9 Å². The van der Waals surface area contributed by atoms with E-state index in [4.69, 9.17) is 5.73 Å². The molecule has 2 N–H and O–H groups in total. The Bertz CT molecular complexity index is 646. The van der Waals surface area contributed by atoms with Crippen molar-refractivity contribution >= 4 is 17.7 Å². The molecule has 1 amide bonds. The molecule has 0 aliphatic carbocycles. The third-order valence-corrected chi connectivity index (χ3v) is 3.77. The van der Waals surface area contributed by atoms with Crippen LogP contribution in [0.3, 0.4) is 0 Å². The van der Waals surface area contributed by atoms with Gasteiger partial charge in [0.25, 0.3) is 0 Å². The molecular weight excluding hydrogens is 314 g/mol. The smallest absolute Gasteiger partial charge is 0.387 e. The summed E-state index contributed by atoms with van der Waals surface area (Å²) in [6, 6.07) is 6.32. The van der Waals surface area contributed by atoms with E-state index in [1.54, 1.807) is 23.6 Å². The first-order chi connectivity index (χ1) is 10.5. The second kappa shape index (κ2) is 7.21. The molecule has 0 unspecified atom stereocenters. The number of hydrogen-bond donors (Lipinski definition) is 1. The van der Waals surface area contributed by atoms with Crippen LogP contribution in [0.15, 0.2) is 29.4 Å². The number of nitrogens with zero attached hydrogens (tertiary/aromatic N) is 3. The number of alkyl halides is 2. The first-order valence-electron chi connectivity index (χ1n) is 6.30. The number of carbonyl (C=O) groups excluding carboxylic acids is 1. The summed E-state index contributed by atoms with van der Waals surface area (Å²) in [7, 11) is 0. The fourth-order valence-electron chi connectivity index (χ4n) is 1.72. The lowest BCUT2D eigenvalue weighted by molar-refractivity contribution is -0.118. The maximum absolute atomic E-state index is 12.1. The molecule has 0 fully saturated rings. The number of halogens is 2. The van der Waals surface area contributed by atoms with Gasteiger partial charge in [0.1, 0.15) is 18.1 Å². The third-order valence-electron chi connectivity index (χ3n) is 2.73. The van der Waals surface area contributed by atoms with Gasteiger partial charge in [-0.05, 0) is 24.6 Å². The number of benzene rings is 1. The van der Waals surface area contributed by atoms with Crippen molar-refractivity contribution in [1.29, 1.82) is 0 Å². The van der Waals surface area contributed by atoms with Gasteiger partial charge in [-0.15, -0.1) is 10.2 Å². The molecule has 9 heteroatoms. The lowest BCUT2D eigenvalue weighted by atomic mass is 10.2. The van der Waals surface area contributed by atoms with Gasteiger partial charge in [0.15, 0.2) is 5.16 Å². The summed E-state index contributed by atoms with van der Waals surface area (Å²) in [6.07, 6.45) is 0. The molecule has 0 spiro atoms. The number of nitrogens with two attached hydrogens (primary N) is 1. The van der Waals surface area contributed by atoms with Gasteiger partial charge in [-0.2, -0.15) is 8.78 Å². The molecule has 0 bridgehead atoms. The van der Waals surface area contributed by atoms with Crippen LogP contribution in [0.25, 0.3) is 0 Å². The van der Waals surface area contributed by atoms with Crippen molar-refractivity contribution in [2.75, 3.05) is 0 Å². The highest BCUT2D eigenvalue weighted by molar-refractivity contribution is 7.98. The zero-order valence-electron chi connectivity index (χ0n) is 11.7. The normalized spacial score (nSPS) is 10.9. The average molecular weight is 328 g/mol. The molecule has 118 valence electrons. The van der Waals surface area contributed by atoms with E-state index in [9.17, 15) is 13.6 Å². The van der Waals surface area contributed by atoms with E-state index in [2.05, 4.69) is 14.9 Å². The van der Waals surface area contributed by atoms with E-state index in [1.165, 1.54) is 23.9 Å². The Kier molecular flexibility index (Phi) is 5.31. The van der Waals surface area contributed by atoms with Gasteiger partial charge < -0.3 is 10.5 Å². The maximum atomic E-state index is 12.1. The van der Waals surface area contributed by atoms with Gasteiger partial charge in [0.05, 0.1) is 0 Å². The van der Waals surface area contributed by atoms with Crippen LogP contribution in [-0.4, -0.2) is 27.3 Å². The highest BCUT2D eigenvalue weighted by atomic mass is 32.2. The van der Waals surface area contributed by atoms with Crippen LogP contribution in [0.5, 0.6) is 5.75 Å². The second-order valence-corrected chi connectivity index (χ2v) is 5.34. The SMILES string of the molecule is Cc1nnc(SCc2ccc(OC(F)F)cc2)n1CC(N)=O. The van der Waals surface area contributed by atoms with Crippen molar-refractivity contribution in [3.8, 4) is 5.75 Å². The van der Waals surface area contributed by atoms with Crippen molar-refractivity contribution < 1.29 is 18.3 Å². The third kappa shape index (κ3) is 4.42. The molecular formula is C13H14F2N4O2S. The quantitative estimate of drug-likeness (QED) is 0.786. The van der Waals surface area contributed by atoms with Crippen molar-refractivity contribution in [1.82, 2.24) is 14.8 Å². The highest BCUT2D eigenvalue weighted by Crippen LogP contribution is 2.23. The lowest BCUT2D eigenvalue weighted by Gasteiger charge is -2.07. The molecule has 1 aromatic carbocycles. The fourth-order valence-corrected chi connectivity index (χ4v) is 2.66. The molecule has 22 heavy (non-hydrogen) atoms. The molecule has 0 aliphatic heterocycles. The van der Waals surface area contributed by atoms with Crippen LogP contribution in [0, 0.1) is 6.92 Å². The number of rotatable bonds is 7. The largest absolute Gasteiger partial charge is 0.435 e. The summed E-state index contributed by atoms with van der Waals surface area (Å²) in [4.78, 5) is 11.0. The molecule has 0 aliphatic rings. The Morgan fingerprint density at radius 2 is 2.05 bits per heavy atom. The van der Waals surface area contributed by atoms with Crippen molar-refractivity contribution in [3.05, 3.63) is 35.7 Å². The van der Waals surface area contributed by atoms with E-state index in [0.717, 1.165) is 5.56 Å². The van der Waals surface area contributed by atoms with Gasteiger partial charge in [0.2, 0.25) is 5.91 Å². The Labute approximate surface area is 129 Å². The monoisotopic (exact) mass is 328 g/mol. The van der Waals surface area contributed by atoms with Crippen LogP contribution in [0.2, 0.25) is 0 Å². The molecule has 0 atom stereocenters. The van der Waals surface area contributed by atoms with Gasteiger partial charge in [0, 0.05) is 5.75 Å². The second-order valence-electron chi connectivity index (χ2n) is 4.39.